The zero-order valence-corrected chi connectivity index (χ0v) is 13.0. The van der Waals surface area contributed by atoms with Crippen LogP contribution in [0.3, 0.4) is 0 Å². The third-order valence-corrected chi connectivity index (χ3v) is 1.23. The summed E-state index contributed by atoms with van der Waals surface area (Å²) in [4.78, 5) is 49.3. The Morgan fingerprint density at radius 1 is 1.14 bits per heavy atom. The van der Waals surface area contributed by atoms with Gasteiger partial charge in [0.1, 0.15) is 0 Å². The summed E-state index contributed by atoms with van der Waals surface area (Å²) >= 11 is 0. The molecule has 0 aliphatic carbocycles. The number of primary amides is 1. The van der Waals surface area contributed by atoms with Crippen molar-refractivity contribution >= 4 is 30.0 Å². The van der Waals surface area contributed by atoms with Gasteiger partial charge in [-0.3, -0.25) is 14.4 Å². The molecule has 0 spiro atoms. The predicted octanol–water partition coefficient (Wildman–Crippen LogP) is -1.76. The summed E-state index contributed by atoms with van der Waals surface area (Å²) in [5.41, 5.74) is 4.47. The molecule has 10 nitrogen and oxygen atoms in total. The fraction of sp³-hybridized carbons (Fsp3) is 0.583. The standard InChI is InChI=1S/C6H11NO4.C4H6O3.C2H5NO/c1-3-11-6(10)5(9)7-4(2)8;1-2-7-4(6)3-5;1-2(3)4/h5,9H,3H2,1-2H3,(H,7,8);3H,2H2,1H3;1H3,(H2,3,4). The van der Waals surface area contributed by atoms with E-state index in [0.717, 1.165) is 0 Å². The Hall–Kier alpha value is -2.49. The minimum atomic E-state index is -1.55. The van der Waals surface area contributed by atoms with Gasteiger partial charge in [-0.1, -0.05) is 0 Å². The minimum Gasteiger partial charge on any atom is -0.463 e. The van der Waals surface area contributed by atoms with Crippen molar-refractivity contribution in [2.45, 2.75) is 33.9 Å². The first-order valence-electron chi connectivity index (χ1n) is 6.11. The van der Waals surface area contributed by atoms with Gasteiger partial charge in [0.2, 0.25) is 24.3 Å². The second-order valence-electron chi connectivity index (χ2n) is 3.34. The summed E-state index contributed by atoms with van der Waals surface area (Å²) in [6, 6.07) is 0. The number of hydrogen-bond donors (Lipinski definition) is 3. The van der Waals surface area contributed by atoms with Crippen LogP contribution in [-0.2, 0) is 33.4 Å². The maximum atomic E-state index is 10.6. The van der Waals surface area contributed by atoms with Crippen LogP contribution in [0.1, 0.15) is 27.7 Å². The van der Waals surface area contributed by atoms with Crippen LogP contribution >= 0.6 is 0 Å². The third-order valence-electron chi connectivity index (χ3n) is 1.23. The fourth-order valence-corrected chi connectivity index (χ4v) is 0.649. The molecule has 0 saturated heterocycles. The molecule has 0 aromatic heterocycles. The molecular formula is C12H22N2O8. The maximum Gasteiger partial charge on any atom is 0.371 e. The summed E-state index contributed by atoms with van der Waals surface area (Å²) in [5.74, 6) is -2.46. The van der Waals surface area contributed by atoms with E-state index in [-0.39, 0.29) is 25.4 Å². The summed E-state index contributed by atoms with van der Waals surface area (Å²) in [7, 11) is 0. The Kier molecular flexibility index (Phi) is 18.5. The highest BCUT2D eigenvalue weighted by atomic mass is 16.5. The number of amides is 2. The molecule has 0 aromatic carbocycles. The van der Waals surface area contributed by atoms with E-state index in [1.807, 2.05) is 5.32 Å². The third kappa shape index (κ3) is 26.1. The number of carbonyl (C=O) groups excluding carboxylic acids is 5. The minimum absolute atomic E-state index is 0.142. The highest BCUT2D eigenvalue weighted by Crippen LogP contribution is 1.83. The van der Waals surface area contributed by atoms with Gasteiger partial charge in [0.05, 0.1) is 13.2 Å². The van der Waals surface area contributed by atoms with Crippen LogP contribution in [0.15, 0.2) is 0 Å². The average Bonchev–Trinajstić information content (AvgIpc) is 2.38. The first-order chi connectivity index (χ1) is 10.1. The topological polar surface area (TPSA) is 162 Å². The lowest BCUT2D eigenvalue weighted by molar-refractivity contribution is -0.156. The number of aliphatic hydroxyl groups is 1. The molecule has 0 aliphatic heterocycles. The van der Waals surface area contributed by atoms with Crippen molar-refractivity contribution in [2.75, 3.05) is 13.2 Å². The van der Waals surface area contributed by atoms with Crippen molar-refractivity contribution in [2.24, 2.45) is 5.73 Å². The molecule has 10 heteroatoms. The number of nitrogens with one attached hydrogen (secondary N) is 1. The zero-order valence-electron chi connectivity index (χ0n) is 13.0. The summed E-state index contributed by atoms with van der Waals surface area (Å²) < 4.78 is 8.58. The Bertz CT molecular complexity index is 366. The quantitative estimate of drug-likeness (QED) is 0.232. The van der Waals surface area contributed by atoms with Crippen molar-refractivity contribution in [3.05, 3.63) is 0 Å². The summed E-state index contributed by atoms with van der Waals surface area (Å²) in [6.07, 6.45) is -1.41. The zero-order chi connectivity index (χ0) is 18.1. The lowest BCUT2D eigenvalue weighted by Gasteiger charge is -2.08. The first-order valence-corrected chi connectivity index (χ1v) is 6.11. The molecule has 0 rings (SSSR count). The van der Waals surface area contributed by atoms with E-state index in [4.69, 9.17) is 5.11 Å². The second kappa shape index (κ2) is 16.6. The van der Waals surface area contributed by atoms with Crippen molar-refractivity contribution in [1.82, 2.24) is 5.32 Å². The Morgan fingerprint density at radius 2 is 1.55 bits per heavy atom. The fourth-order valence-electron chi connectivity index (χ4n) is 0.649. The number of hydrogen-bond acceptors (Lipinski definition) is 8. The molecule has 4 N–H and O–H groups in total. The normalized spacial score (nSPS) is 9.50. The molecule has 1 atom stereocenters. The molecule has 0 aromatic rings. The molecule has 0 radical (unpaired) electrons. The second-order valence-corrected chi connectivity index (χ2v) is 3.34. The van der Waals surface area contributed by atoms with Crippen LogP contribution in [0, 0.1) is 0 Å². The predicted molar refractivity (Wildman–Crippen MR) is 74.0 cm³/mol. The van der Waals surface area contributed by atoms with Crippen LogP contribution in [0.25, 0.3) is 0 Å². The summed E-state index contributed by atoms with van der Waals surface area (Å²) in [5, 5.41) is 10.8. The average molecular weight is 322 g/mol. The van der Waals surface area contributed by atoms with Gasteiger partial charge in [0, 0.05) is 13.8 Å². The lowest BCUT2D eigenvalue weighted by atomic mass is 10.5. The molecule has 0 bridgehead atoms. The number of ether oxygens (including phenoxy) is 2. The Morgan fingerprint density at radius 3 is 1.77 bits per heavy atom. The maximum absolute atomic E-state index is 10.6. The molecule has 0 fully saturated rings. The molecule has 22 heavy (non-hydrogen) atoms. The van der Waals surface area contributed by atoms with Gasteiger partial charge in [0.15, 0.2) is 0 Å². The van der Waals surface area contributed by atoms with E-state index in [9.17, 15) is 24.0 Å². The number of rotatable bonds is 5. The summed E-state index contributed by atoms with van der Waals surface area (Å²) in [6.45, 7) is 6.19. The van der Waals surface area contributed by atoms with Crippen LogP contribution in [0.5, 0.6) is 0 Å². The van der Waals surface area contributed by atoms with Crippen molar-refractivity contribution < 1.29 is 38.6 Å². The number of aldehydes is 1. The van der Waals surface area contributed by atoms with E-state index in [1.54, 1.807) is 13.8 Å². The van der Waals surface area contributed by atoms with Crippen molar-refractivity contribution in [1.29, 1.82) is 0 Å². The van der Waals surface area contributed by atoms with Gasteiger partial charge in [-0.05, 0) is 13.8 Å². The van der Waals surface area contributed by atoms with Crippen molar-refractivity contribution in [3.8, 4) is 0 Å². The molecule has 0 aliphatic rings. The smallest absolute Gasteiger partial charge is 0.371 e. The van der Waals surface area contributed by atoms with Gasteiger partial charge in [-0.2, -0.15) is 0 Å². The largest absolute Gasteiger partial charge is 0.463 e. The lowest BCUT2D eigenvalue weighted by Crippen LogP contribution is -2.40. The Labute approximate surface area is 127 Å². The van der Waals surface area contributed by atoms with E-state index in [1.165, 1.54) is 13.8 Å². The molecule has 1 unspecified atom stereocenters. The molecule has 0 heterocycles. The molecule has 0 saturated carbocycles. The SMILES string of the molecule is CC(N)=O.CCOC(=O)C(O)NC(C)=O.CCOC(=O)C=O. The number of aliphatic hydroxyl groups excluding tert-OH is 1. The number of esters is 2. The van der Waals surface area contributed by atoms with E-state index in [2.05, 4.69) is 15.2 Å². The van der Waals surface area contributed by atoms with Gasteiger partial charge >= 0.3 is 11.9 Å². The van der Waals surface area contributed by atoms with Crippen LogP contribution in [-0.4, -0.2) is 54.6 Å². The molecule has 2 amide bonds. The highest BCUT2D eigenvalue weighted by Gasteiger charge is 2.15. The van der Waals surface area contributed by atoms with Crippen LogP contribution in [0.4, 0.5) is 0 Å². The van der Waals surface area contributed by atoms with E-state index in [0.29, 0.717) is 0 Å². The molecular weight excluding hydrogens is 300 g/mol. The van der Waals surface area contributed by atoms with Gasteiger partial charge in [-0.25, -0.2) is 9.59 Å². The van der Waals surface area contributed by atoms with Gasteiger partial charge < -0.3 is 25.6 Å². The molecule has 128 valence electrons. The van der Waals surface area contributed by atoms with Gasteiger partial charge in [-0.15, -0.1) is 0 Å². The number of nitrogens with two attached hydrogens (primary N) is 1. The number of carbonyl (C=O) groups is 5. The van der Waals surface area contributed by atoms with E-state index >= 15 is 0 Å². The monoisotopic (exact) mass is 322 g/mol. The van der Waals surface area contributed by atoms with Crippen molar-refractivity contribution in [3.63, 3.8) is 0 Å². The first kappa shape index (κ1) is 24.5. The van der Waals surface area contributed by atoms with E-state index < -0.39 is 24.1 Å². The van der Waals surface area contributed by atoms with Crippen LogP contribution < -0.4 is 11.1 Å². The van der Waals surface area contributed by atoms with Gasteiger partial charge in [0.25, 0.3) is 0 Å². The van der Waals surface area contributed by atoms with Crippen LogP contribution in [0.2, 0.25) is 0 Å². The highest BCUT2D eigenvalue weighted by molar-refractivity contribution is 6.20. The Balaban J connectivity index is -0.000000280.